The monoisotopic (exact) mass is 667 g/mol. The van der Waals surface area contributed by atoms with Crippen LogP contribution in [0.2, 0.25) is 0 Å². The van der Waals surface area contributed by atoms with Gasteiger partial charge in [0.25, 0.3) is 0 Å². The quantitative estimate of drug-likeness (QED) is 0.157. The minimum Gasteiger partial charge on any atom is -0.487 e. The van der Waals surface area contributed by atoms with Crippen LogP contribution >= 0.6 is 11.9 Å². The van der Waals surface area contributed by atoms with Crippen LogP contribution in [0.3, 0.4) is 0 Å². The summed E-state index contributed by atoms with van der Waals surface area (Å²) in [6.45, 7) is 14.7. The molecule has 47 heavy (non-hydrogen) atoms. The number of fused-ring (bicyclic) bond motifs is 2. The fourth-order valence-electron chi connectivity index (χ4n) is 5.11. The van der Waals surface area contributed by atoms with Gasteiger partial charge in [-0.3, -0.25) is 4.98 Å². The van der Waals surface area contributed by atoms with Crippen LogP contribution in [0, 0.1) is 18.8 Å². The Labute approximate surface area is 283 Å². The van der Waals surface area contributed by atoms with E-state index in [4.69, 9.17) is 28.4 Å². The zero-order valence-electron chi connectivity index (χ0n) is 28.2. The van der Waals surface area contributed by atoms with Crippen molar-refractivity contribution in [2.24, 2.45) is 11.8 Å². The number of rotatable bonds is 12. The number of hydrogen-bond donors (Lipinski definition) is 1. The molecular weight excluding hydrogens is 618 g/mol. The van der Waals surface area contributed by atoms with E-state index >= 15 is 0 Å². The number of hydrogen-bond acceptors (Lipinski definition) is 10. The van der Waals surface area contributed by atoms with Gasteiger partial charge in [0, 0.05) is 30.7 Å². The van der Waals surface area contributed by atoms with Crippen LogP contribution in [0.25, 0.3) is 0 Å². The summed E-state index contributed by atoms with van der Waals surface area (Å²) in [6, 6.07) is 19.8. The number of benzene rings is 2. The lowest BCUT2D eigenvalue weighted by Crippen LogP contribution is -2.34. The predicted octanol–water partition coefficient (Wildman–Crippen LogP) is 7.25. The lowest BCUT2D eigenvalue weighted by molar-refractivity contribution is -0.0907. The second-order valence-electron chi connectivity index (χ2n) is 11.6. The fraction of sp³-hybridized carbons (Fsp3) is 0.500. The standard InChI is InChI=1S/C21H30N2O6S.C13H13NO.C2H6/c1-14(2)11-23(30-15-4-5-17-18(10-15)28-13-27-17)8-3-7-22-21(24)29-19-12-26-20-16(19)6-9-25-20;1-11-5-7-13(8-6-11)15-10-12-4-2-3-9-14-12;1-2/h4-5,10,14,16,19-20H,3,6-9,11-13H2,1-2H3,(H,22,24);2-9H,10H2,1H3;1-2H3/t16?,19-,20+;;/m0../s1. The number of amides is 1. The molecule has 0 saturated carbocycles. The van der Waals surface area contributed by atoms with Crippen LogP contribution in [0.15, 0.2) is 71.8 Å². The lowest BCUT2D eigenvalue weighted by atomic mass is 10.0. The molecule has 0 radical (unpaired) electrons. The van der Waals surface area contributed by atoms with Gasteiger partial charge in [-0.05, 0) is 80.1 Å². The third-order valence-corrected chi connectivity index (χ3v) is 8.43. The van der Waals surface area contributed by atoms with E-state index < -0.39 is 0 Å². The molecule has 0 spiro atoms. The summed E-state index contributed by atoms with van der Waals surface area (Å²) in [5.41, 5.74) is 2.18. The average molecular weight is 668 g/mol. The number of aromatic nitrogens is 1. The molecule has 1 N–H and O–H groups in total. The molecule has 6 rings (SSSR count). The zero-order valence-corrected chi connectivity index (χ0v) is 29.0. The van der Waals surface area contributed by atoms with Crippen molar-refractivity contribution in [2.75, 3.05) is 39.6 Å². The minimum absolute atomic E-state index is 0.162. The van der Waals surface area contributed by atoms with Gasteiger partial charge >= 0.3 is 6.09 Å². The Bertz CT molecular complexity index is 1350. The first-order chi connectivity index (χ1) is 22.9. The molecule has 10 nitrogen and oxygen atoms in total. The highest BCUT2D eigenvalue weighted by atomic mass is 32.2. The molecule has 2 fully saturated rings. The Morgan fingerprint density at radius 3 is 2.64 bits per heavy atom. The van der Waals surface area contributed by atoms with E-state index in [1.54, 1.807) is 18.1 Å². The zero-order chi connectivity index (χ0) is 33.4. The van der Waals surface area contributed by atoms with E-state index in [-0.39, 0.29) is 31.2 Å². The van der Waals surface area contributed by atoms with Crippen LogP contribution < -0.4 is 19.5 Å². The van der Waals surface area contributed by atoms with Crippen molar-refractivity contribution in [1.82, 2.24) is 14.6 Å². The highest BCUT2D eigenvalue weighted by molar-refractivity contribution is 7.97. The molecule has 0 aliphatic carbocycles. The normalized spacial score (nSPS) is 18.9. The summed E-state index contributed by atoms with van der Waals surface area (Å²) >= 11 is 1.70. The molecule has 3 aliphatic rings. The third-order valence-electron chi connectivity index (χ3n) is 7.38. The van der Waals surface area contributed by atoms with E-state index in [1.807, 2.05) is 74.5 Å². The molecule has 1 aromatic heterocycles. The molecule has 0 bridgehead atoms. The maximum atomic E-state index is 12.1. The molecular formula is C36H49N3O7S. The van der Waals surface area contributed by atoms with Crippen molar-refractivity contribution in [1.29, 1.82) is 0 Å². The number of nitrogens with one attached hydrogen (secondary N) is 1. The molecule has 4 heterocycles. The van der Waals surface area contributed by atoms with Gasteiger partial charge in [0.05, 0.1) is 24.8 Å². The fourth-order valence-corrected chi connectivity index (χ4v) is 6.29. The van der Waals surface area contributed by atoms with Gasteiger partial charge in [0.15, 0.2) is 17.8 Å². The number of ether oxygens (including phenoxy) is 6. The van der Waals surface area contributed by atoms with Gasteiger partial charge in [-0.15, -0.1) is 0 Å². The largest absolute Gasteiger partial charge is 0.487 e. The number of carbonyl (C=O) groups excluding carboxylic acids is 1. The van der Waals surface area contributed by atoms with Crippen LogP contribution in [0.1, 0.15) is 51.8 Å². The van der Waals surface area contributed by atoms with Gasteiger partial charge in [0.2, 0.25) is 6.79 Å². The molecule has 1 amide bonds. The molecule has 2 aromatic carbocycles. The Balaban J connectivity index is 0.000000246. The van der Waals surface area contributed by atoms with Crippen molar-refractivity contribution in [3.8, 4) is 17.2 Å². The number of aryl methyl sites for hydroxylation is 1. The molecule has 256 valence electrons. The topological polar surface area (TPSA) is 101 Å². The van der Waals surface area contributed by atoms with Crippen LogP contribution in [0.5, 0.6) is 17.2 Å². The molecule has 3 aliphatic heterocycles. The van der Waals surface area contributed by atoms with Gasteiger partial charge in [-0.25, -0.2) is 9.10 Å². The van der Waals surface area contributed by atoms with Gasteiger partial charge < -0.3 is 33.7 Å². The number of carbonyl (C=O) groups is 1. The number of pyridine rings is 1. The Morgan fingerprint density at radius 2 is 1.87 bits per heavy atom. The minimum atomic E-state index is -0.380. The summed E-state index contributed by atoms with van der Waals surface area (Å²) in [7, 11) is 0. The maximum absolute atomic E-state index is 12.1. The molecule has 3 atom stereocenters. The van der Waals surface area contributed by atoms with Crippen molar-refractivity contribution in [3.05, 3.63) is 78.1 Å². The van der Waals surface area contributed by atoms with E-state index in [9.17, 15) is 4.79 Å². The van der Waals surface area contributed by atoms with E-state index in [0.29, 0.717) is 32.3 Å². The first-order valence-electron chi connectivity index (χ1n) is 16.5. The van der Waals surface area contributed by atoms with Gasteiger partial charge in [-0.1, -0.05) is 51.5 Å². The maximum Gasteiger partial charge on any atom is 0.407 e. The van der Waals surface area contributed by atoms with Crippen LogP contribution in [-0.4, -0.2) is 67.4 Å². The summed E-state index contributed by atoms with van der Waals surface area (Å²) in [4.78, 5) is 17.4. The Hall–Kier alpha value is -3.51. The highest BCUT2D eigenvalue weighted by Gasteiger charge is 2.43. The predicted molar refractivity (Wildman–Crippen MR) is 183 cm³/mol. The Kier molecular flexibility index (Phi) is 15.0. The summed E-state index contributed by atoms with van der Waals surface area (Å²) in [5.74, 6) is 3.16. The van der Waals surface area contributed by atoms with E-state index in [0.717, 1.165) is 53.8 Å². The smallest absolute Gasteiger partial charge is 0.407 e. The van der Waals surface area contributed by atoms with Crippen molar-refractivity contribution in [2.45, 2.75) is 71.4 Å². The van der Waals surface area contributed by atoms with Crippen molar-refractivity contribution >= 4 is 18.0 Å². The average Bonchev–Trinajstić information content (AvgIpc) is 3.83. The van der Waals surface area contributed by atoms with Crippen LogP contribution in [-0.2, 0) is 20.8 Å². The lowest BCUT2D eigenvalue weighted by Gasteiger charge is -2.23. The number of alkyl carbamates (subject to hydrolysis) is 1. The third kappa shape index (κ3) is 11.9. The van der Waals surface area contributed by atoms with Gasteiger partial charge in [-0.2, -0.15) is 0 Å². The highest BCUT2D eigenvalue weighted by Crippen LogP contribution is 2.37. The number of nitrogens with zero attached hydrogens (tertiary/aromatic N) is 2. The first-order valence-corrected chi connectivity index (χ1v) is 17.3. The van der Waals surface area contributed by atoms with Gasteiger partial charge in [0.1, 0.15) is 18.5 Å². The van der Waals surface area contributed by atoms with Crippen molar-refractivity contribution < 1.29 is 33.2 Å². The SMILES string of the molecule is CC.CC(C)CN(CCCNC(=O)O[C@H]1CO[C@H]2OCCC21)Sc1ccc2c(c1)OCO2.Cc1ccc(OCc2ccccn2)cc1. The van der Waals surface area contributed by atoms with E-state index in [2.05, 4.69) is 35.4 Å². The van der Waals surface area contributed by atoms with Crippen molar-refractivity contribution in [3.63, 3.8) is 0 Å². The Morgan fingerprint density at radius 1 is 1.06 bits per heavy atom. The summed E-state index contributed by atoms with van der Waals surface area (Å²) in [5, 5.41) is 2.87. The second-order valence-corrected chi connectivity index (χ2v) is 12.7. The first kappa shape index (κ1) is 36.3. The molecule has 2 saturated heterocycles. The summed E-state index contributed by atoms with van der Waals surface area (Å²) in [6.07, 6.45) is 2.68. The molecule has 1 unspecified atom stereocenters. The van der Waals surface area contributed by atoms with E-state index in [1.165, 1.54) is 5.56 Å². The molecule has 3 aromatic rings. The van der Waals surface area contributed by atoms with Crippen LogP contribution in [0.4, 0.5) is 4.79 Å². The second kappa shape index (κ2) is 19.3. The molecule has 11 heteroatoms. The summed E-state index contributed by atoms with van der Waals surface area (Å²) < 4.78 is 35.3.